The van der Waals surface area contributed by atoms with E-state index >= 15 is 0 Å². The summed E-state index contributed by atoms with van der Waals surface area (Å²) in [6.45, 7) is 0.592. The number of nitrogens with zero attached hydrogens (tertiary/aromatic N) is 3. The lowest BCUT2D eigenvalue weighted by atomic mass is 9.99. The minimum absolute atomic E-state index is 0.0737. The third-order valence-electron chi connectivity index (χ3n) is 5.69. The van der Waals surface area contributed by atoms with Crippen LogP contribution >= 0.6 is 11.3 Å². The fourth-order valence-corrected chi connectivity index (χ4v) is 7.68. The summed E-state index contributed by atoms with van der Waals surface area (Å²) in [5.41, 5.74) is 0.966. The van der Waals surface area contributed by atoms with Crippen molar-refractivity contribution in [1.82, 2.24) is 13.6 Å². The van der Waals surface area contributed by atoms with Crippen LogP contribution in [-0.4, -0.2) is 62.9 Å². The summed E-state index contributed by atoms with van der Waals surface area (Å²) in [4.78, 5) is 4.62. The molecule has 1 saturated heterocycles. The Morgan fingerprint density at radius 3 is 2.38 bits per heavy atom. The average molecular weight is 498 g/mol. The van der Waals surface area contributed by atoms with Gasteiger partial charge in [0, 0.05) is 32.6 Å². The normalized spacial score (nSPS) is 16.7. The zero-order chi connectivity index (χ0) is 22.9. The summed E-state index contributed by atoms with van der Waals surface area (Å²) in [5, 5.41) is 1.04. The van der Waals surface area contributed by atoms with Crippen molar-refractivity contribution in [2.75, 3.05) is 32.4 Å². The topological polar surface area (TPSA) is 87.7 Å². The third kappa shape index (κ3) is 4.86. The fraction of sp³-hybridized carbons (Fsp3) is 0.381. The van der Waals surface area contributed by atoms with Crippen molar-refractivity contribution in [3.8, 4) is 0 Å². The van der Waals surface area contributed by atoms with Crippen LogP contribution in [0.2, 0.25) is 0 Å². The third-order valence-corrected chi connectivity index (χ3v) is 10.6. The van der Waals surface area contributed by atoms with Crippen molar-refractivity contribution in [1.29, 1.82) is 0 Å². The zero-order valence-electron chi connectivity index (χ0n) is 17.5. The molecule has 172 valence electrons. The first-order valence-corrected chi connectivity index (χ1v) is 14.1. The largest absolute Gasteiger partial charge is 0.242 e. The van der Waals surface area contributed by atoms with Crippen LogP contribution in [0, 0.1) is 5.82 Å². The molecule has 2 aromatic carbocycles. The summed E-state index contributed by atoms with van der Waals surface area (Å²) in [7, 11) is -6.17. The predicted octanol–water partition coefficient (Wildman–Crippen LogP) is 3.27. The molecule has 1 fully saturated rings. The molecular weight excluding hydrogens is 473 g/mol. The van der Waals surface area contributed by atoms with E-state index in [1.54, 1.807) is 11.3 Å². The molecule has 1 aliphatic rings. The highest BCUT2D eigenvalue weighted by Crippen LogP contribution is 2.34. The molecule has 0 atom stereocenters. The van der Waals surface area contributed by atoms with Crippen LogP contribution in [0.1, 0.15) is 23.8 Å². The van der Waals surface area contributed by atoms with Crippen LogP contribution in [0.4, 0.5) is 4.39 Å². The number of piperidine rings is 1. The molecule has 0 N–H and O–H groups in total. The van der Waals surface area contributed by atoms with Gasteiger partial charge in [-0.15, -0.1) is 11.3 Å². The van der Waals surface area contributed by atoms with Crippen molar-refractivity contribution in [2.45, 2.75) is 23.7 Å². The fourth-order valence-electron chi connectivity index (χ4n) is 3.73. The maximum atomic E-state index is 13.1. The van der Waals surface area contributed by atoms with E-state index in [1.807, 2.05) is 24.3 Å². The SMILES string of the molecule is CN(CCS(=O)(=O)N1CCC(c2nc3ccccc3s2)CC1)S(=O)(=O)c1ccc(F)cc1. The van der Waals surface area contributed by atoms with E-state index in [4.69, 9.17) is 4.98 Å². The minimum atomic E-state index is -3.89. The van der Waals surface area contributed by atoms with Gasteiger partial charge < -0.3 is 0 Å². The van der Waals surface area contributed by atoms with Crippen LogP contribution < -0.4 is 0 Å². The highest BCUT2D eigenvalue weighted by molar-refractivity contribution is 7.90. The first-order valence-electron chi connectivity index (χ1n) is 10.2. The molecule has 3 aromatic rings. The molecule has 1 aliphatic heterocycles. The molecule has 1 aromatic heterocycles. The van der Waals surface area contributed by atoms with Gasteiger partial charge in [-0.1, -0.05) is 12.1 Å². The van der Waals surface area contributed by atoms with Gasteiger partial charge in [0.05, 0.1) is 25.9 Å². The maximum absolute atomic E-state index is 13.1. The molecule has 0 amide bonds. The number of hydrogen-bond acceptors (Lipinski definition) is 6. The van der Waals surface area contributed by atoms with Crippen LogP contribution in [-0.2, 0) is 20.0 Å². The van der Waals surface area contributed by atoms with Crippen LogP contribution in [0.5, 0.6) is 0 Å². The monoisotopic (exact) mass is 497 g/mol. The first-order chi connectivity index (χ1) is 15.2. The molecule has 4 rings (SSSR count). The lowest BCUT2D eigenvalue weighted by Gasteiger charge is -2.30. The van der Waals surface area contributed by atoms with Crippen molar-refractivity contribution < 1.29 is 21.2 Å². The highest BCUT2D eigenvalue weighted by Gasteiger charge is 2.31. The van der Waals surface area contributed by atoms with Crippen LogP contribution in [0.3, 0.4) is 0 Å². The van der Waals surface area contributed by atoms with Crippen molar-refractivity contribution in [3.63, 3.8) is 0 Å². The lowest BCUT2D eigenvalue weighted by Crippen LogP contribution is -2.42. The van der Waals surface area contributed by atoms with Crippen molar-refractivity contribution >= 4 is 41.6 Å². The Balaban J connectivity index is 1.35. The van der Waals surface area contributed by atoms with Gasteiger partial charge in [-0.3, -0.25) is 0 Å². The second kappa shape index (κ2) is 9.14. The Kier molecular flexibility index (Phi) is 6.64. The quantitative estimate of drug-likeness (QED) is 0.500. The van der Waals surface area contributed by atoms with Gasteiger partial charge in [0.2, 0.25) is 20.0 Å². The van der Waals surface area contributed by atoms with E-state index in [2.05, 4.69) is 0 Å². The summed E-state index contributed by atoms with van der Waals surface area (Å²) >= 11 is 1.65. The van der Waals surface area contributed by atoms with E-state index in [0.717, 1.165) is 31.7 Å². The maximum Gasteiger partial charge on any atom is 0.242 e. The predicted molar refractivity (Wildman–Crippen MR) is 123 cm³/mol. The van der Waals surface area contributed by atoms with Crippen LogP contribution in [0.15, 0.2) is 53.4 Å². The Bertz CT molecular complexity index is 1270. The molecule has 32 heavy (non-hydrogen) atoms. The first kappa shape index (κ1) is 23.2. The standard InChI is InChI=1S/C21H24FN3O4S3/c1-24(32(28,29)18-8-6-17(22)7-9-18)14-15-31(26,27)25-12-10-16(11-13-25)21-23-19-4-2-3-5-20(19)30-21/h2-9,16H,10-15H2,1H3. The summed E-state index contributed by atoms with van der Waals surface area (Å²) in [6.07, 6.45) is 1.37. The number of aromatic nitrogens is 1. The zero-order valence-corrected chi connectivity index (χ0v) is 20.0. The smallest absolute Gasteiger partial charge is 0.241 e. The number of rotatable bonds is 7. The van der Waals surface area contributed by atoms with Crippen molar-refractivity contribution in [2.24, 2.45) is 0 Å². The second-order valence-electron chi connectivity index (χ2n) is 7.79. The number of halogens is 1. The van der Waals surface area contributed by atoms with E-state index in [0.29, 0.717) is 25.9 Å². The van der Waals surface area contributed by atoms with E-state index < -0.39 is 25.9 Å². The van der Waals surface area contributed by atoms with Gasteiger partial charge in [-0.25, -0.2) is 30.5 Å². The van der Waals surface area contributed by atoms with Gasteiger partial charge in [0.25, 0.3) is 0 Å². The van der Waals surface area contributed by atoms with Gasteiger partial charge in [0.1, 0.15) is 5.82 Å². The lowest BCUT2D eigenvalue weighted by molar-refractivity contribution is 0.318. The summed E-state index contributed by atoms with van der Waals surface area (Å²) in [6, 6.07) is 12.4. The van der Waals surface area contributed by atoms with Gasteiger partial charge >= 0.3 is 0 Å². The van der Waals surface area contributed by atoms with E-state index in [9.17, 15) is 21.2 Å². The molecule has 7 nitrogen and oxygen atoms in total. The molecule has 0 unspecified atom stereocenters. The molecule has 0 radical (unpaired) electrons. The Morgan fingerprint density at radius 2 is 1.72 bits per heavy atom. The number of sulfonamides is 2. The number of fused-ring (bicyclic) bond motifs is 1. The Labute approximate surface area is 191 Å². The van der Waals surface area contributed by atoms with Gasteiger partial charge in [0.15, 0.2) is 0 Å². The highest BCUT2D eigenvalue weighted by atomic mass is 32.2. The van der Waals surface area contributed by atoms with Crippen LogP contribution in [0.25, 0.3) is 10.2 Å². The number of para-hydroxylation sites is 1. The summed E-state index contributed by atoms with van der Waals surface area (Å²) < 4.78 is 67.5. The molecule has 0 spiro atoms. The second-order valence-corrected chi connectivity index (χ2v) is 13.0. The molecule has 11 heteroatoms. The minimum Gasteiger partial charge on any atom is -0.241 e. The Morgan fingerprint density at radius 1 is 1.06 bits per heavy atom. The molecule has 0 bridgehead atoms. The van der Waals surface area contributed by atoms with Gasteiger partial charge in [-0.05, 0) is 49.2 Å². The molecular formula is C21H24FN3O4S3. The molecule has 0 saturated carbocycles. The number of thiazole rings is 1. The summed E-state index contributed by atoms with van der Waals surface area (Å²) in [5.74, 6) is -0.626. The number of benzene rings is 2. The van der Waals surface area contributed by atoms with Crippen molar-refractivity contribution in [3.05, 3.63) is 59.4 Å². The Hall–Kier alpha value is -1.92. The van der Waals surface area contributed by atoms with E-state index in [1.165, 1.54) is 23.5 Å². The molecule has 2 heterocycles. The number of hydrogen-bond donors (Lipinski definition) is 0. The average Bonchev–Trinajstić information content (AvgIpc) is 3.22. The molecule has 0 aliphatic carbocycles. The van der Waals surface area contributed by atoms with Gasteiger partial charge in [-0.2, -0.15) is 4.31 Å². The van der Waals surface area contributed by atoms with E-state index in [-0.39, 0.29) is 23.1 Å².